The average Bonchev–Trinajstić information content (AvgIpc) is 2.88. The van der Waals surface area contributed by atoms with Crippen LogP contribution in [0.15, 0.2) is 18.2 Å². The predicted octanol–water partition coefficient (Wildman–Crippen LogP) is 6.18. The van der Waals surface area contributed by atoms with E-state index in [1.54, 1.807) is 34.6 Å². The lowest BCUT2D eigenvalue weighted by atomic mass is 9.82. The standard InChI is InChI=1S/C29H45NO11/c1-9-12-15-36-25(33)37-17-18(4)22(23(30)24(31)32)19-13-14-20(38-26(34)40-28(5,6)10-2)21(16-19)39-27(35)41-29(7,8)11-3/h13-14,16,18,22-23H,9-12,15,17,30H2,1-8H3,(H,31,32)/t18?,22?,23-/m0/s1. The molecule has 12 nitrogen and oxygen atoms in total. The van der Waals surface area contributed by atoms with Gasteiger partial charge in [-0.05, 0) is 70.6 Å². The third-order valence-electron chi connectivity index (χ3n) is 6.63. The van der Waals surface area contributed by atoms with Gasteiger partial charge >= 0.3 is 24.4 Å². The van der Waals surface area contributed by atoms with Gasteiger partial charge < -0.3 is 39.3 Å². The molecular weight excluding hydrogens is 538 g/mol. The Hall–Kier alpha value is -3.54. The van der Waals surface area contributed by atoms with Crippen LogP contribution >= 0.6 is 0 Å². The molecule has 0 saturated heterocycles. The van der Waals surface area contributed by atoms with Gasteiger partial charge in [-0.15, -0.1) is 0 Å². The van der Waals surface area contributed by atoms with Crippen molar-refractivity contribution < 1.29 is 52.7 Å². The highest BCUT2D eigenvalue weighted by atomic mass is 16.8. The van der Waals surface area contributed by atoms with Crippen LogP contribution in [0, 0.1) is 5.92 Å². The maximum Gasteiger partial charge on any atom is 0.514 e. The van der Waals surface area contributed by atoms with E-state index in [4.69, 9.17) is 34.2 Å². The summed E-state index contributed by atoms with van der Waals surface area (Å²) in [5.41, 5.74) is 4.71. The van der Waals surface area contributed by atoms with Gasteiger partial charge in [0, 0.05) is 5.92 Å². The number of carbonyl (C=O) groups excluding carboxylic acids is 3. The number of carboxylic acid groups (broad SMARTS) is 1. The highest BCUT2D eigenvalue weighted by Gasteiger charge is 2.33. The van der Waals surface area contributed by atoms with E-state index in [0.717, 1.165) is 6.42 Å². The van der Waals surface area contributed by atoms with Crippen molar-refractivity contribution in [1.29, 1.82) is 0 Å². The number of unbranched alkanes of at least 4 members (excludes halogenated alkanes) is 1. The van der Waals surface area contributed by atoms with Gasteiger partial charge in [-0.25, -0.2) is 14.4 Å². The normalized spacial score (nSPS) is 13.8. The Bertz CT molecular complexity index is 1040. The molecular formula is C29H45NO11. The van der Waals surface area contributed by atoms with Crippen molar-refractivity contribution in [2.24, 2.45) is 11.7 Å². The first-order chi connectivity index (χ1) is 19.1. The summed E-state index contributed by atoms with van der Waals surface area (Å²) < 4.78 is 31.6. The summed E-state index contributed by atoms with van der Waals surface area (Å²) >= 11 is 0. The van der Waals surface area contributed by atoms with E-state index in [9.17, 15) is 24.3 Å². The van der Waals surface area contributed by atoms with Gasteiger partial charge in [0.25, 0.3) is 0 Å². The van der Waals surface area contributed by atoms with E-state index < -0.39 is 53.5 Å². The number of hydrogen-bond donors (Lipinski definition) is 2. The summed E-state index contributed by atoms with van der Waals surface area (Å²) in [6.45, 7) is 14.1. The van der Waals surface area contributed by atoms with Crippen molar-refractivity contribution in [2.45, 2.75) is 104 Å². The SMILES string of the molecule is CCCCOC(=O)OCC(C)C(c1ccc(OC(=O)OC(C)(C)CC)c(OC(=O)OC(C)(C)CC)c1)[C@H](N)C(=O)O. The summed E-state index contributed by atoms with van der Waals surface area (Å²) in [5, 5.41) is 9.71. The van der Waals surface area contributed by atoms with Crippen LogP contribution in [0.5, 0.6) is 11.5 Å². The van der Waals surface area contributed by atoms with E-state index in [1.807, 2.05) is 20.8 Å². The predicted molar refractivity (Wildman–Crippen MR) is 149 cm³/mol. The average molecular weight is 584 g/mol. The van der Waals surface area contributed by atoms with E-state index in [-0.39, 0.29) is 24.7 Å². The number of aliphatic carboxylic acids is 1. The quantitative estimate of drug-likeness (QED) is 0.104. The van der Waals surface area contributed by atoms with E-state index in [0.29, 0.717) is 24.8 Å². The topological polar surface area (TPSA) is 170 Å². The molecule has 0 radical (unpaired) electrons. The zero-order valence-electron chi connectivity index (χ0n) is 25.3. The molecule has 0 fully saturated rings. The smallest absolute Gasteiger partial charge is 0.480 e. The summed E-state index contributed by atoms with van der Waals surface area (Å²) in [6.07, 6.45) is -0.446. The molecule has 0 bridgehead atoms. The van der Waals surface area contributed by atoms with Crippen LogP contribution in [0.25, 0.3) is 0 Å². The molecule has 41 heavy (non-hydrogen) atoms. The van der Waals surface area contributed by atoms with Crippen LogP contribution in [0.1, 0.15) is 92.6 Å². The molecule has 3 N–H and O–H groups in total. The summed E-state index contributed by atoms with van der Waals surface area (Å²) in [4.78, 5) is 49.0. The Morgan fingerprint density at radius 3 is 1.88 bits per heavy atom. The molecule has 1 aromatic carbocycles. The third-order valence-corrected chi connectivity index (χ3v) is 6.63. The minimum atomic E-state index is -1.43. The highest BCUT2D eigenvalue weighted by molar-refractivity contribution is 5.75. The van der Waals surface area contributed by atoms with Gasteiger partial charge in [0.15, 0.2) is 11.5 Å². The van der Waals surface area contributed by atoms with Gasteiger partial charge in [0.2, 0.25) is 0 Å². The van der Waals surface area contributed by atoms with Crippen molar-refractivity contribution in [3.63, 3.8) is 0 Å². The van der Waals surface area contributed by atoms with Crippen molar-refractivity contribution in [1.82, 2.24) is 0 Å². The van der Waals surface area contributed by atoms with Crippen LogP contribution in [0.2, 0.25) is 0 Å². The lowest BCUT2D eigenvalue weighted by Gasteiger charge is -2.28. The molecule has 2 unspecified atom stereocenters. The molecule has 0 saturated carbocycles. The molecule has 0 amide bonds. The highest BCUT2D eigenvalue weighted by Crippen LogP contribution is 2.36. The lowest BCUT2D eigenvalue weighted by molar-refractivity contribution is -0.139. The number of benzene rings is 1. The number of nitrogens with two attached hydrogens (primary N) is 1. The minimum Gasteiger partial charge on any atom is -0.480 e. The van der Waals surface area contributed by atoms with Gasteiger partial charge in [0.05, 0.1) is 13.2 Å². The van der Waals surface area contributed by atoms with E-state index in [1.165, 1.54) is 18.2 Å². The Labute approximate surface area is 241 Å². The molecule has 0 heterocycles. The number of ether oxygens (including phenoxy) is 6. The fourth-order valence-corrected chi connectivity index (χ4v) is 3.40. The fraction of sp³-hybridized carbons (Fsp3) is 0.655. The summed E-state index contributed by atoms with van der Waals surface area (Å²) in [5.74, 6) is -3.21. The second-order valence-electron chi connectivity index (χ2n) is 11.0. The number of carbonyl (C=O) groups is 4. The van der Waals surface area contributed by atoms with Crippen LogP contribution in [-0.2, 0) is 23.7 Å². The molecule has 12 heteroatoms. The monoisotopic (exact) mass is 583 g/mol. The van der Waals surface area contributed by atoms with E-state index in [2.05, 4.69) is 0 Å². The minimum absolute atomic E-state index is 0.164. The Kier molecular flexibility index (Phi) is 13.9. The summed E-state index contributed by atoms with van der Waals surface area (Å²) in [7, 11) is 0. The first-order valence-corrected chi connectivity index (χ1v) is 13.8. The van der Waals surface area contributed by atoms with Gasteiger partial charge in [-0.3, -0.25) is 4.79 Å². The van der Waals surface area contributed by atoms with Crippen LogP contribution < -0.4 is 15.2 Å². The van der Waals surface area contributed by atoms with E-state index >= 15 is 0 Å². The number of hydrogen-bond acceptors (Lipinski definition) is 11. The largest absolute Gasteiger partial charge is 0.514 e. The second kappa shape index (κ2) is 16.0. The molecule has 1 aromatic rings. The molecule has 3 atom stereocenters. The number of carboxylic acids is 1. The number of rotatable bonds is 15. The third kappa shape index (κ3) is 12.2. The van der Waals surface area contributed by atoms with Crippen molar-refractivity contribution in [3.8, 4) is 11.5 Å². The molecule has 232 valence electrons. The van der Waals surface area contributed by atoms with Crippen molar-refractivity contribution in [3.05, 3.63) is 23.8 Å². The van der Waals surface area contributed by atoms with Crippen LogP contribution in [0.4, 0.5) is 14.4 Å². The molecule has 1 rings (SSSR count). The Morgan fingerprint density at radius 2 is 1.39 bits per heavy atom. The van der Waals surface area contributed by atoms with Gasteiger partial charge in [-0.2, -0.15) is 0 Å². The van der Waals surface area contributed by atoms with Gasteiger partial charge in [0.1, 0.15) is 17.2 Å². The maximum atomic E-state index is 12.6. The molecule has 0 aliphatic carbocycles. The van der Waals surface area contributed by atoms with Gasteiger partial charge in [-0.1, -0.05) is 40.2 Å². The zero-order chi connectivity index (χ0) is 31.4. The Balaban J connectivity index is 3.38. The fourth-order valence-electron chi connectivity index (χ4n) is 3.40. The second-order valence-corrected chi connectivity index (χ2v) is 11.0. The van der Waals surface area contributed by atoms with Crippen LogP contribution in [-0.4, -0.2) is 60.0 Å². The zero-order valence-corrected chi connectivity index (χ0v) is 25.3. The maximum absolute atomic E-state index is 12.6. The van der Waals surface area contributed by atoms with Crippen LogP contribution in [0.3, 0.4) is 0 Å². The summed E-state index contributed by atoms with van der Waals surface area (Å²) in [6, 6.07) is 2.71. The lowest BCUT2D eigenvalue weighted by Crippen LogP contribution is -2.40. The molecule has 0 aliphatic heterocycles. The first kappa shape index (κ1) is 35.5. The molecule has 0 spiro atoms. The molecule has 0 aliphatic rings. The Morgan fingerprint density at radius 1 is 0.854 bits per heavy atom. The first-order valence-electron chi connectivity index (χ1n) is 13.8. The van der Waals surface area contributed by atoms with Crippen molar-refractivity contribution in [2.75, 3.05) is 13.2 Å². The van der Waals surface area contributed by atoms with Crippen molar-refractivity contribution >= 4 is 24.4 Å². The molecule has 0 aromatic heterocycles.